The number of aliphatic hydroxyl groups is 1. The van der Waals surface area contributed by atoms with Gasteiger partial charge in [-0.05, 0) is 30.6 Å². The van der Waals surface area contributed by atoms with Crippen LogP contribution in [0.5, 0.6) is 0 Å². The third kappa shape index (κ3) is 0.775. The molecule has 2 aliphatic carbocycles. The summed E-state index contributed by atoms with van der Waals surface area (Å²) in [6, 6.07) is 0. The van der Waals surface area contributed by atoms with Crippen molar-refractivity contribution in [2.45, 2.75) is 45.6 Å². The van der Waals surface area contributed by atoms with Crippen molar-refractivity contribution in [1.82, 2.24) is 0 Å². The van der Waals surface area contributed by atoms with E-state index < -0.39 is 5.60 Å². The van der Waals surface area contributed by atoms with Crippen molar-refractivity contribution in [2.75, 3.05) is 0 Å². The first-order valence-electron chi connectivity index (χ1n) is 5.23. The monoisotopic (exact) mass is 180 g/mol. The molecule has 2 aliphatic rings. The van der Waals surface area contributed by atoms with Crippen molar-refractivity contribution in [3.8, 4) is 0 Å². The van der Waals surface area contributed by atoms with Crippen molar-refractivity contribution in [3.63, 3.8) is 0 Å². The van der Waals surface area contributed by atoms with E-state index in [0.717, 1.165) is 12.8 Å². The van der Waals surface area contributed by atoms with Gasteiger partial charge in [-0.2, -0.15) is 0 Å². The van der Waals surface area contributed by atoms with Crippen LogP contribution in [0.1, 0.15) is 40.0 Å². The van der Waals surface area contributed by atoms with E-state index in [2.05, 4.69) is 27.4 Å². The van der Waals surface area contributed by atoms with Crippen molar-refractivity contribution in [2.24, 2.45) is 16.7 Å². The van der Waals surface area contributed by atoms with E-state index in [1.54, 1.807) is 6.08 Å². The second kappa shape index (κ2) is 2.20. The number of fused-ring (bicyclic) bond motifs is 2. The Kier molecular flexibility index (Phi) is 1.56. The Balaban J connectivity index is 2.49. The van der Waals surface area contributed by atoms with Gasteiger partial charge < -0.3 is 5.11 Å². The summed E-state index contributed by atoms with van der Waals surface area (Å²) in [5.41, 5.74) is -0.290. The fraction of sp³-hybridized carbons (Fsp3) is 0.833. The van der Waals surface area contributed by atoms with Gasteiger partial charge in [-0.3, -0.25) is 0 Å². The normalized spacial score (nSPS) is 52.5. The molecule has 2 fully saturated rings. The zero-order valence-electron chi connectivity index (χ0n) is 8.93. The van der Waals surface area contributed by atoms with Crippen LogP contribution in [0.25, 0.3) is 0 Å². The second-order valence-electron chi connectivity index (χ2n) is 5.62. The van der Waals surface area contributed by atoms with Crippen LogP contribution in [0.4, 0.5) is 0 Å². The molecule has 1 heteroatoms. The molecule has 0 spiro atoms. The molecule has 3 unspecified atom stereocenters. The molecule has 0 radical (unpaired) electrons. The summed E-state index contributed by atoms with van der Waals surface area (Å²) < 4.78 is 0. The van der Waals surface area contributed by atoms with Crippen LogP contribution in [0.3, 0.4) is 0 Å². The Morgan fingerprint density at radius 2 is 2.00 bits per heavy atom. The number of hydrogen-bond acceptors (Lipinski definition) is 1. The molecule has 3 atom stereocenters. The summed E-state index contributed by atoms with van der Waals surface area (Å²) in [6.45, 7) is 10.6. The maximum atomic E-state index is 10.5. The molecule has 0 amide bonds. The molecule has 2 saturated carbocycles. The lowest BCUT2D eigenvalue weighted by atomic mass is 9.64. The van der Waals surface area contributed by atoms with E-state index in [4.69, 9.17) is 0 Å². The van der Waals surface area contributed by atoms with Gasteiger partial charge in [0, 0.05) is 5.41 Å². The number of rotatable bonds is 1. The van der Waals surface area contributed by atoms with Crippen LogP contribution in [0.15, 0.2) is 12.7 Å². The summed E-state index contributed by atoms with van der Waals surface area (Å²) >= 11 is 0. The molecule has 2 bridgehead atoms. The minimum absolute atomic E-state index is 0.0480. The number of hydrogen-bond donors (Lipinski definition) is 1. The van der Waals surface area contributed by atoms with E-state index in [0.29, 0.717) is 5.92 Å². The fourth-order valence-electron chi connectivity index (χ4n) is 3.64. The maximum absolute atomic E-state index is 10.5. The molecule has 0 aliphatic heterocycles. The smallest absolute Gasteiger partial charge is 0.0886 e. The third-order valence-corrected chi connectivity index (χ3v) is 5.29. The van der Waals surface area contributed by atoms with E-state index in [1.165, 1.54) is 6.42 Å². The maximum Gasteiger partial charge on any atom is 0.0886 e. The van der Waals surface area contributed by atoms with Crippen LogP contribution < -0.4 is 0 Å². The van der Waals surface area contributed by atoms with E-state index in [1.807, 2.05) is 0 Å². The molecular weight excluding hydrogens is 160 g/mol. The van der Waals surface area contributed by atoms with E-state index in [-0.39, 0.29) is 10.8 Å². The first-order valence-corrected chi connectivity index (χ1v) is 5.23. The van der Waals surface area contributed by atoms with Gasteiger partial charge in [-0.25, -0.2) is 0 Å². The zero-order chi connectivity index (χ0) is 9.91. The molecule has 0 saturated heterocycles. The summed E-state index contributed by atoms with van der Waals surface area (Å²) in [6.07, 6.45) is 5.11. The van der Waals surface area contributed by atoms with Crippen molar-refractivity contribution >= 4 is 0 Å². The largest absolute Gasteiger partial charge is 0.385 e. The Bertz CT molecular complexity index is 256. The van der Waals surface area contributed by atoms with Crippen molar-refractivity contribution in [1.29, 1.82) is 0 Å². The van der Waals surface area contributed by atoms with Gasteiger partial charge in [-0.1, -0.05) is 26.8 Å². The molecule has 1 nitrogen and oxygen atoms in total. The van der Waals surface area contributed by atoms with Gasteiger partial charge in [0.25, 0.3) is 0 Å². The lowest BCUT2D eigenvalue weighted by Crippen LogP contribution is -2.45. The average molecular weight is 180 g/mol. The lowest BCUT2D eigenvalue weighted by molar-refractivity contribution is -0.0507. The van der Waals surface area contributed by atoms with Gasteiger partial charge in [0.2, 0.25) is 0 Å². The molecule has 1 N–H and O–H groups in total. The molecule has 0 aromatic heterocycles. The minimum atomic E-state index is -0.612. The van der Waals surface area contributed by atoms with Crippen molar-refractivity contribution < 1.29 is 5.11 Å². The Morgan fingerprint density at radius 3 is 2.23 bits per heavy atom. The van der Waals surface area contributed by atoms with E-state index >= 15 is 0 Å². The van der Waals surface area contributed by atoms with Crippen LogP contribution in [0.2, 0.25) is 0 Å². The highest BCUT2D eigenvalue weighted by molar-refractivity contribution is 5.23. The highest BCUT2D eigenvalue weighted by Crippen LogP contribution is 2.69. The van der Waals surface area contributed by atoms with Crippen molar-refractivity contribution in [3.05, 3.63) is 12.7 Å². The standard InChI is InChI=1S/C12H20O/c1-5-12(13)8-9-6-7-11(12,4)10(9,2)3/h5,9,13H,1,6-8H2,2-4H3. The Morgan fingerprint density at radius 1 is 1.38 bits per heavy atom. The summed E-state index contributed by atoms with van der Waals surface area (Å²) in [5.74, 6) is 0.681. The van der Waals surface area contributed by atoms with Crippen LogP contribution in [-0.2, 0) is 0 Å². The van der Waals surface area contributed by atoms with Gasteiger partial charge in [0.1, 0.15) is 0 Å². The summed E-state index contributed by atoms with van der Waals surface area (Å²) in [4.78, 5) is 0. The highest BCUT2D eigenvalue weighted by atomic mass is 16.3. The van der Waals surface area contributed by atoms with Gasteiger partial charge in [0.05, 0.1) is 5.60 Å². The molecule has 13 heavy (non-hydrogen) atoms. The SMILES string of the molecule is C=CC1(O)CC2CCC1(C)C2(C)C. The second-order valence-corrected chi connectivity index (χ2v) is 5.62. The van der Waals surface area contributed by atoms with Gasteiger partial charge in [0.15, 0.2) is 0 Å². The average Bonchev–Trinajstić information content (AvgIpc) is 2.36. The Hall–Kier alpha value is -0.300. The molecule has 2 rings (SSSR count). The lowest BCUT2D eigenvalue weighted by Gasteiger charge is -2.43. The summed E-state index contributed by atoms with van der Waals surface area (Å²) in [5, 5.41) is 10.5. The van der Waals surface area contributed by atoms with Gasteiger partial charge >= 0.3 is 0 Å². The van der Waals surface area contributed by atoms with Gasteiger partial charge in [-0.15, -0.1) is 6.58 Å². The zero-order valence-corrected chi connectivity index (χ0v) is 8.93. The third-order valence-electron chi connectivity index (χ3n) is 5.29. The summed E-state index contributed by atoms with van der Waals surface area (Å²) in [7, 11) is 0. The fourth-order valence-corrected chi connectivity index (χ4v) is 3.64. The quantitative estimate of drug-likeness (QED) is 0.615. The van der Waals surface area contributed by atoms with E-state index in [9.17, 15) is 5.11 Å². The first-order chi connectivity index (χ1) is 5.87. The first kappa shape index (κ1) is 9.26. The molecule has 74 valence electrons. The predicted octanol–water partition coefficient (Wildman–Crippen LogP) is 2.75. The van der Waals surface area contributed by atoms with Crippen LogP contribution >= 0.6 is 0 Å². The molecular formula is C12H20O. The Labute approximate surface area is 80.8 Å². The topological polar surface area (TPSA) is 20.2 Å². The predicted molar refractivity (Wildman–Crippen MR) is 54.4 cm³/mol. The molecule has 0 aromatic carbocycles. The molecule has 0 heterocycles. The van der Waals surface area contributed by atoms with Crippen LogP contribution in [-0.4, -0.2) is 10.7 Å². The molecule has 0 aromatic rings. The van der Waals surface area contributed by atoms with Crippen LogP contribution in [0, 0.1) is 16.7 Å². The minimum Gasteiger partial charge on any atom is -0.385 e. The highest BCUT2D eigenvalue weighted by Gasteiger charge is 2.67.